The van der Waals surface area contributed by atoms with Crippen molar-refractivity contribution >= 4 is 0 Å². The monoisotopic (exact) mass is 314 g/mol. The second-order valence-electron chi connectivity index (χ2n) is 9.48. The van der Waals surface area contributed by atoms with Gasteiger partial charge in [-0.25, -0.2) is 0 Å². The molecule has 3 aliphatic rings. The minimum atomic E-state index is 0.512. The van der Waals surface area contributed by atoms with Crippen molar-refractivity contribution in [3.8, 4) is 0 Å². The fourth-order valence-corrected chi connectivity index (χ4v) is 6.73. The van der Waals surface area contributed by atoms with E-state index in [9.17, 15) is 0 Å². The normalized spacial score (nSPS) is 38.0. The molecule has 130 valence electrons. The first kappa shape index (κ1) is 17.3. The summed E-state index contributed by atoms with van der Waals surface area (Å²) in [6.45, 7) is 18.8. The molecule has 3 fully saturated rings. The lowest BCUT2D eigenvalue weighted by Crippen LogP contribution is -2.36. The summed E-state index contributed by atoms with van der Waals surface area (Å²) in [7, 11) is 0. The number of rotatable bonds is 6. The van der Waals surface area contributed by atoms with E-state index in [2.05, 4.69) is 40.9 Å². The molecule has 0 aromatic carbocycles. The second-order valence-corrected chi connectivity index (χ2v) is 9.48. The van der Waals surface area contributed by atoms with Crippen LogP contribution in [0.1, 0.15) is 85.5 Å². The van der Waals surface area contributed by atoms with Gasteiger partial charge < -0.3 is 0 Å². The molecule has 0 spiro atoms. The van der Waals surface area contributed by atoms with Crippen molar-refractivity contribution in [1.82, 2.24) is 0 Å². The zero-order valence-electron chi connectivity index (χ0n) is 16.1. The van der Waals surface area contributed by atoms with E-state index in [0.29, 0.717) is 10.8 Å². The Morgan fingerprint density at radius 2 is 1.91 bits per heavy atom. The molecule has 3 aliphatic carbocycles. The van der Waals surface area contributed by atoms with E-state index in [1.165, 1.54) is 63.4 Å². The van der Waals surface area contributed by atoms with Gasteiger partial charge in [-0.15, -0.1) is 0 Å². The topological polar surface area (TPSA) is 0 Å². The molecule has 5 atom stereocenters. The lowest BCUT2D eigenvalue weighted by atomic mass is 9.60. The van der Waals surface area contributed by atoms with Crippen molar-refractivity contribution in [3.63, 3.8) is 0 Å². The summed E-state index contributed by atoms with van der Waals surface area (Å²) < 4.78 is 0. The van der Waals surface area contributed by atoms with Crippen molar-refractivity contribution < 1.29 is 0 Å². The third-order valence-corrected chi connectivity index (χ3v) is 8.39. The first-order chi connectivity index (χ1) is 10.8. The van der Waals surface area contributed by atoms with E-state index in [-0.39, 0.29) is 0 Å². The van der Waals surface area contributed by atoms with Crippen LogP contribution in [0, 0.1) is 34.5 Å². The molecule has 23 heavy (non-hydrogen) atoms. The molecular weight excluding hydrogens is 276 g/mol. The number of allylic oxidation sites excluding steroid dienone is 2. The molecular formula is C23H38. The smallest absolute Gasteiger partial charge is 0.00645 e. The van der Waals surface area contributed by atoms with Crippen molar-refractivity contribution in [1.29, 1.82) is 0 Å². The summed E-state index contributed by atoms with van der Waals surface area (Å²) in [6, 6.07) is 0. The van der Waals surface area contributed by atoms with Gasteiger partial charge in [0.25, 0.3) is 0 Å². The lowest BCUT2D eigenvalue weighted by Gasteiger charge is -2.45. The summed E-state index contributed by atoms with van der Waals surface area (Å²) in [4.78, 5) is 0. The number of hydrogen-bond donors (Lipinski definition) is 0. The van der Waals surface area contributed by atoms with Gasteiger partial charge in [0, 0.05) is 0 Å². The highest BCUT2D eigenvalue weighted by atomic mass is 14.6. The van der Waals surface area contributed by atoms with E-state index >= 15 is 0 Å². The highest BCUT2D eigenvalue weighted by Gasteiger charge is 2.53. The quantitative estimate of drug-likeness (QED) is 0.456. The van der Waals surface area contributed by atoms with Crippen LogP contribution in [0.3, 0.4) is 0 Å². The zero-order chi connectivity index (χ0) is 16.8. The molecule has 1 unspecified atom stereocenters. The molecule has 3 saturated carbocycles. The third kappa shape index (κ3) is 2.75. The van der Waals surface area contributed by atoms with Crippen LogP contribution in [-0.2, 0) is 0 Å². The maximum atomic E-state index is 4.43. The van der Waals surface area contributed by atoms with Crippen LogP contribution in [0.2, 0.25) is 0 Å². The van der Waals surface area contributed by atoms with Gasteiger partial charge in [0.15, 0.2) is 0 Å². The van der Waals surface area contributed by atoms with Crippen LogP contribution < -0.4 is 0 Å². The Labute approximate surface area is 144 Å². The Morgan fingerprint density at radius 1 is 1.22 bits per heavy atom. The Hall–Kier alpha value is -0.520. The third-order valence-electron chi connectivity index (χ3n) is 8.39. The van der Waals surface area contributed by atoms with Crippen LogP contribution in [0.4, 0.5) is 0 Å². The molecule has 0 aliphatic heterocycles. The van der Waals surface area contributed by atoms with Crippen molar-refractivity contribution in [2.45, 2.75) is 85.5 Å². The van der Waals surface area contributed by atoms with Gasteiger partial charge in [-0.2, -0.15) is 0 Å². The van der Waals surface area contributed by atoms with E-state index in [1.807, 2.05) is 0 Å². The molecule has 0 heterocycles. The summed E-state index contributed by atoms with van der Waals surface area (Å²) in [5, 5.41) is 0. The predicted molar refractivity (Wildman–Crippen MR) is 101 cm³/mol. The minimum absolute atomic E-state index is 0.512. The SMILES string of the molecule is C=C1CCC[C@]2(C)[C@@H]([C@H](C)CC(C)C3(C(=C)CC)CC3)CC[C@@H]12. The second kappa shape index (κ2) is 6.08. The lowest BCUT2D eigenvalue weighted by molar-refractivity contribution is 0.0837. The highest BCUT2D eigenvalue weighted by Crippen LogP contribution is 2.62. The Bertz CT molecular complexity index is 480. The van der Waals surface area contributed by atoms with Crippen molar-refractivity contribution in [2.75, 3.05) is 0 Å². The standard InChI is InChI=1S/C23H38/c1-7-18(4)23(13-14-23)19(5)15-17(3)21-11-10-20-16(2)9-8-12-22(20,21)6/h17,19-21H,2,4,7-15H2,1,3,5-6H3/t17-,19?,20+,21-,22+/m1/s1. The first-order valence-corrected chi connectivity index (χ1v) is 10.2. The zero-order valence-corrected chi connectivity index (χ0v) is 16.1. The molecule has 3 rings (SSSR count). The Balaban J connectivity index is 1.68. The molecule has 0 bridgehead atoms. The largest absolute Gasteiger partial charge is 0.0996 e. The van der Waals surface area contributed by atoms with E-state index in [1.54, 1.807) is 5.57 Å². The van der Waals surface area contributed by atoms with Gasteiger partial charge in [-0.1, -0.05) is 52.0 Å². The molecule has 0 saturated heterocycles. The van der Waals surface area contributed by atoms with Gasteiger partial charge in [0.1, 0.15) is 0 Å². The van der Waals surface area contributed by atoms with Gasteiger partial charge in [0.2, 0.25) is 0 Å². The van der Waals surface area contributed by atoms with Crippen LogP contribution in [-0.4, -0.2) is 0 Å². The predicted octanol–water partition coefficient (Wildman–Crippen LogP) is 7.17. The van der Waals surface area contributed by atoms with Gasteiger partial charge >= 0.3 is 0 Å². The molecule has 0 aromatic rings. The maximum absolute atomic E-state index is 4.43. The van der Waals surface area contributed by atoms with Crippen molar-refractivity contribution in [3.05, 3.63) is 24.3 Å². The fourth-order valence-electron chi connectivity index (χ4n) is 6.73. The minimum Gasteiger partial charge on any atom is -0.0996 e. The van der Waals surface area contributed by atoms with Crippen LogP contribution in [0.15, 0.2) is 24.3 Å². The maximum Gasteiger partial charge on any atom is -0.00645 e. The molecule has 0 heteroatoms. The van der Waals surface area contributed by atoms with E-state index in [0.717, 1.165) is 23.7 Å². The van der Waals surface area contributed by atoms with E-state index < -0.39 is 0 Å². The van der Waals surface area contributed by atoms with Gasteiger partial charge in [-0.05, 0) is 92.3 Å². The molecule has 0 nitrogen and oxygen atoms in total. The summed E-state index contributed by atoms with van der Waals surface area (Å²) in [6.07, 6.45) is 12.3. The van der Waals surface area contributed by atoms with Crippen LogP contribution in [0.5, 0.6) is 0 Å². The molecule has 0 amide bonds. The van der Waals surface area contributed by atoms with Gasteiger partial charge in [-0.3, -0.25) is 0 Å². The summed E-state index contributed by atoms with van der Waals surface area (Å²) >= 11 is 0. The summed E-state index contributed by atoms with van der Waals surface area (Å²) in [5.41, 5.74) is 4.16. The summed E-state index contributed by atoms with van der Waals surface area (Å²) in [5.74, 6) is 3.41. The Kier molecular flexibility index (Phi) is 4.58. The van der Waals surface area contributed by atoms with Gasteiger partial charge in [0.05, 0.1) is 0 Å². The number of fused-ring (bicyclic) bond motifs is 1. The number of hydrogen-bond acceptors (Lipinski definition) is 0. The average molecular weight is 315 g/mol. The molecule has 0 aromatic heterocycles. The van der Waals surface area contributed by atoms with Crippen LogP contribution >= 0.6 is 0 Å². The molecule has 0 N–H and O–H groups in total. The first-order valence-electron chi connectivity index (χ1n) is 10.2. The Morgan fingerprint density at radius 3 is 2.52 bits per heavy atom. The highest BCUT2D eigenvalue weighted by molar-refractivity contribution is 5.20. The molecule has 0 radical (unpaired) electrons. The average Bonchev–Trinajstić information content (AvgIpc) is 3.24. The van der Waals surface area contributed by atoms with Crippen molar-refractivity contribution in [2.24, 2.45) is 34.5 Å². The van der Waals surface area contributed by atoms with Crippen LogP contribution in [0.25, 0.3) is 0 Å². The fraction of sp³-hybridized carbons (Fsp3) is 0.826. The van der Waals surface area contributed by atoms with E-state index in [4.69, 9.17) is 0 Å².